The van der Waals surface area contributed by atoms with Gasteiger partial charge in [0.25, 0.3) is 5.56 Å². The second kappa shape index (κ2) is 13.5. The number of nitrogens with zero attached hydrogens (tertiary/aromatic N) is 3. The zero-order chi connectivity index (χ0) is 35.1. The Morgan fingerprint density at radius 2 is 1.80 bits per heavy atom. The second-order valence-corrected chi connectivity index (χ2v) is 15.7. The number of hydrogen-bond donors (Lipinski definition) is 3. The number of carbonyl (C=O) groups is 4. The van der Waals surface area contributed by atoms with Crippen LogP contribution in [0.3, 0.4) is 0 Å². The van der Waals surface area contributed by atoms with Gasteiger partial charge in [-0.05, 0) is 82.3 Å². The van der Waals surface area contributed by atoms with E-state index in [1.165, 1.54) is 38.3 Å². The third-order valence-electron chi connectivity index (χ3n) is 9.83. The fourth-order valence-electron chi connectivity index (χ4n) is 6.97. The number of carbonyl (C=O) groups excluding carboxylic acids is 3. The summed E-state index contributed by atoms with van der Waals surface area (Å²) < 4.78 is 6.94. The first-order valence-corrected chi connectivity index (χ1v) is 18.3. The molecule has 2 aliphatic carbocycles. The summed E-state index contributed by atoms with van der Waals surface area (Å²) in [5.41, 5.74) is 0.0303. The summed E-state index contributed by atoms with van der Waals surface area (Å²) in [5, 5.41) is 27.7. The zero-order valence-electron chi connectivity index (χ0n) is 27.7. The molecule has 0 aromatic carbocycles. The Labute approximate surface area is 292 Å². The average Bonchev–Trinajstić information content (AvgIpc) is 3.72. The maximum atomic E-state index is 14.5. The van der Waals surface area contributed by atoms with Crippen LogP contribution < -0.4 is 16.2 Å². The molecule has 3 aromatic heterocycles. The molecule has 3 fully saturated rings. The van der Waals surface area contributed by atoms with Crippen molar-refractivity contribution >= 4 is 46.6 Å². The van der Waals surface area contributed by atoms with Crippen LogP contribution in [0, 0.1) is 11.3 Å². The largest absolute Gasteiger partial charge is 0.479 e. The molecule has 49 heavy (non-hydrogen) atoms. The smallest absolute Gasteiger partial charge is 0.408 e. The first-order chi connectivity index (χ1) is 23.3. The highest BCUT2D eigenvalue weighted by Crippen LogP contribution is 2.45. The van der Waals surface area contributed by atoms with Crippen LogP contribution in [-0.4, -0.2) is 73.9 Å². The van der Waals surface area contributed by atoms with Gasteiger partial charge >= 0.3 is 12.1 Å². The molecule has 0 radical (unpaired) electrons. The Morgan fingerprint density at radius 1 is 1.12 bits per heavy atom. The average molecular weight is 708 g/mol. The van der Waals surface area contributed by atoms with Gasteiger partial charge in [0.05, 0.1) is 17.8 Å². The molecule has 0 spiro atoms. The van der Waals surface area contributed by atoms with Crippen LogP contribution in [0.15, 0.2) is 57.3 Å². The predicted molar refractivity (Wildman–Crippen MR) is 186 cm³/mol. The van der Waals surface area contributed by atoms with Crippen molar-refractivity contribution in [3.63, 3.8) is 0 Å². The molecule has 12 nitrogen and oxygen atoms in total. The van der Waals surface area contributed by atoms with E-state index in [4.69, 9.17) is 4.74 Å². The van der Waals surface area contributed by atoms with Crippen molar-refractivity contribution in [2.24, 2.45) is 11.3 Å². The van der Waals surface area contributed by atoms with Gasteiger partial charge in [-0.25, -0.2) is 14.3 Å². The van der Waals surface area contributed by atoms with Crippen LogP contribution >= 0.6 is 22.7 Å². The third kappa shape index (κ3) is 6.80. The van der Waals surface area contributed by atoms with E-state index in [-0.39, 0.29) is 31.0 Å². The van der Waals surface area contributed by atoms with Crippen molar-refractivity contribution in [3.05, 3.63) is 62.9 Å². The normalized spacial score (nSPS) is 24.3. The van der Waals surface area contributed by atoms with E-state index in [0.717, 1.165) is 36.8 Å². The fourth-order valence-corrected chi connectivity index (χ4v) is 8.28. The Kier molecular flexibility index (Phi) is 9.55. The molecule has 1 saturated heterocycles. The Morgan fingerprint density at radius 3 is 2.37 bits per heavy atom. The van der Waals surface area contributed by atoms with E-state index in [1.54, 1.807) is 27.0 Å². The van der Waals surface area contributed by atoms with Gasteiger partial charge in [0.2, 0.25) is 11.8 Å². The lowest BCUT2D eigenvalue weighted by Crippen LogP contribution is -2.59. The van der Waals surface area contributed by atoms with E-state index in [2.05, 4.69) is 22.3 Å². The van der Waals surface area contributed by atoms with Gasteiger partial charge in [0.1, 0.15) is 23.7 Å². The van der Waals surface area contributed by atoms with Crippen LogP contribution in [-0.2, 0) is 19.1 Å². The molecule has 1 aliphatic heterocycles. The Balaban J connectivity index is 1.35. The van der Waals surface area contributed by atoms with Crippen LogP contribution in [0.4, 0.5) is 4.79 Å². The van der Waals surface area contributed by atoms with E-state index in [9.17, 15) is 29.1 Å². The summed E-state index contributed by atoms with van der Waals surface area (Å²) in [4.78, 5) is 69.4. The molecule has 260 valence electrons. The zero-order valence-corrected chi connectivity index (χ0v) is 29.4. The van der Waals surface area contributed by atoms with Gasteiger partial charge in [-0.3, -0.25) is 14.4 Å². The second-order valence-electron chi connectivity index (χ2n) is 14.2. The van der Waals surface area contributed by atoms with Crippen molar-refractivity contribution in [3.8, 4) is 22.3 Å². The molecule has 3 aromatic rings. The van der Waals surface area contributed by atoms with Gasteiger partial charge in [-0.1, -0.05) is 26.8 Å². The summed E-state index contributed by atoms with van der Waals surface area (Å²) in [6, 6.07) is 0.831. The maximum Gasteiger partial charge on any atom is 0.408 e. The minimum atomic E-state index is -1.53. The van der Waals surface area contributed by atoms with Crippen LogP contribution in [0.1, 0.15) is 65.3 Å². The number of ether oxygens (including phenoxy) is 1. The molecule has 4 heterocycles. The van der Waals surface area contributed by atoms with Crippen molar-refractivity contribution < 1.29 is 29.0 Å². The first-order valence-electron chi connectivity index (χ1n) is 16.5. The number of amides is 3. The standard InChI is InChI=1S/C35H41N5O7S2/c1-5-22-15-35(22,32(44)45)38-29(41)26-14-23(17-39(26)31(43)28(34(2,3)4)37-33(46)47-24-8-6-7-9-24)40-30(42)27(21-11-13-49-19-21)25(16-36-40)20-10-12-48-18-20/h5,10-13,16,18-19,22-24,26,28H,1,6-9,14-15,17H2,2-4H3,(H,37,46)(H,38,41)(H,44,45). The summed E-state index contributed by atoms with van der Waals surface area (Å²) >= 11 is 2.96. The number of rotatable bonds is 10. The van der Waals surface area contributed by atoms with Gasteiger partial charge in [0, 0.05) is 24.4 Å². The van der Waals surface area contributed by atoms with Crippen LogP contribution in [0.25, 0.3) is 22.3 Å². The lowest BCUT2D eigenvalue weighted by atomic mass is 9.85. The fraction of sp³-hybridized carbons (Fsp3) is 0.486. The molecule has 0 bridgehead atoms. The summed E-state index contributed by atoms with van der Waals surface area (Å²) in [5.74, 6) is -2.86. The highest BCUT2D eigenvalue weighted by Gasteiger charge is 2.61. The SMILES string of the molecule is C=CC1CC1(NC(=O)C1CC(n2ncc(-c3ccsc3)c(-c3ccsc3)c2=O)CN1C(=O)C(NC(=O)OC1CCCC1)C(C)(C)C)C(=O)O. The molecule has 5 atom stereocenters. The van der Waals surface area contributed by atoms with Gasteiger partial charge < -0.3 is 25.4 Å². The molecule has 14 heteroatoms. The quantitative estimate of drug-likeness (QED) is 0.246. The summed E-state index contributed by atoms with van der Waals surface area (Å²) in [7, 11) is 0. The third-order valence-corrected chi connectivity index (χ3v) is 11.2. The minimum absolute atomic E-state index is 0.00317. The number of carboxylic acid groups (broad SMARTS) is 1. The molecule has 3 N–H and O–H groups in total. The number of nitrogens with one attached hydrogen (secondary N) is 2. The Hall–Kier alpha value is -4.30. The predicted octanol–water partition coefficient (Wildman–Crippen LogP) is 5.07. The number of aliphatic carboxylic acids is 1. The van der Waals surface area contributed by atoms with E-state index < -0.39 is 58.9 Å². The highest BCUT2D eigenvalue weighted by atomic mass is 32.1. The number of likely N-dealkylation sites (tertiary alicyclic amines) is 1. The van der Waals surface area contributed by atoms with Crippen molar-refractivity contribution in [1.82, 2.24) is 25.3 Å². The molecular formula is C35H41N5O7S2. The van der Waals surface area contributed by atoms with Gasteiger partial charge in [0.15, 0.2) is 0 Å². The van der Waals surface area contributed by atoms with Crippen molar-refractivity contribution in [2.45, 2.75) is 89.1 Å². The van der Waals surface area contributed by atoms with Crippen molar-refractivity contribution in [1.29, 1.82) is 0 Å². The summed E-state index contributed by atoms with van der Waals surface area (Å²) in [6.07, 6.45) is 5.82. The number of alkyl carbamates (subject to hydrolysis) is 1. The van der Waals surface area contributed by atoms with Crippen LogP contribution in [0.5, 0.6) is 0 Å². The van der Waals surface area contributed by atoms with E-state index >= 15 is 0 Å². The van der Waals surface area contributed by atoms with Crippen LogP contribution in [0.2, 0.25) is 0 Å². The van der Waals surface area contributed by atoms with E-state index in [0.29, 0.717) is 11.1 Å². The molecule has 2 saturated carbocycles. The molecule has 6 rings (SSSR count). The lowest BCUT2D eigenvalue weighted by Gasteiger charge is -2.35. The number of hydrogen-bond acceptors (Lipinski definition) is 9. The Bertz CT molecular complexity index is 1790. The van der Waals surface area contributed by atoms with E-state index in [1.807, 2.05) is 33.7 Å². The molecular weight excluding hydrogens is 667 g/mol. The molecule has 5 unspecified atom stereocenters. The number of thiophene rings is 2. The maximum absolute atomic E-state index is 14.5. The highest BCUT2D eigenvalue weighted by molar-refractivity contribution is 7.08. The first kappa shape index (κ1) is 34.6. The van der Waals surface area contributed by atoms with Crippen molar-refractivity contribution in [2.75, 3.05) is 6.54 Å². The monoisotopic (exact) mass is 707 g/mol. The summed E-state index contributed by atoms with van der Waals surface area (Å²) in [6.45, 7) is 9.04. The molecule has 3 aliphatic rings. The topological polar surface area (TPSA) is 160 Å². The number of carboxylic acids is 1. The number of aromatic nitrogens is 2. The van der Waals surface area contributed by atoms with Gasteiger partial charge in [-0.15, -0.1) is 6.58 Å². The lowest BCUT2D eigenvalue weighted by molar-refractivity contribution is -0.146. The minimum Gasteiger partial charge on any atom is -0.479 e. The van der Waals surface area contributed by atoms with Gasteiger partial charge in [-0.2, -0.15) is 27.8 Å². The molecule has 3 amide bonds.